The van der Waals surface area contributed by atoms with Crippen LogP contribution in [-0.2, 0) is 18.6 Å². The molecule has 1 aromatic carbocycles. The summed E-state index contributed by atoms with van der Waals surface area (Å²) in [5.74, 6) is 2.37. The summed E-state index contributed by atoms with van der Waals surface area (Å²) in [5, 5.41) is 13.8. The van der Waals surface area contributed by atoms with Crippen molar-refractivity contribution in [3.63, 3.8) is 0 Å². The molecule has 1 heterocycles. The van der Waals surface area contributed by atoms with Crippen LogP contribution < -0.4 is 4.74 Å². The lowest BCUT2D eigenvalue weighted by molar-refractivity contribution is 0.0785. The number of benzene rings is 1. The quantitative estimate of drug-likeness (QED) is 0.885. The van der Waals surface area contributed by atoms with Gasteiger partial charge >= 0.3 is 0 Å². The Labute approximate surface area is 125 Å². The Bertz CT molecular complexity index is 568. The van der Waals surface area contributed by atoms with E-state index in [1.165, 1.54) is 0 Å². The molecule has 2 rings (SSSR count). The Kier molecular flexibility index (Phi) is 4.63. The van der Waals surface area contributed by atoms with Gasteiger partial charge < -0.3 is 14.4 Å². The monoisotopic (exact) mass is 290 g/mol. The van der Waals surface area contributed by atoms with Crippen molar-refractivity contribution < 1.29 is 14.4 Å². The van der Waals surface area contributed by atoms with Gasteiger partial charge in [-0.25, -0.2) is 0 Å². The molecule has 0 aliphatic rings. The van der Waals surface area contributed by atoms with Gasteiger partial charge in [0.15, 0.2) is 12.4 Å². The van der Waals surface area contributed by atoms with Crippen molar-refractivity contribution in [3.8, 4) is 5.75 Å². The van der Waals surface area contributed by atoms with Crippen LogP contribution in [-0.4, -0.2) is 15.2 Å². The third kappa shape index (κ3) is 4.56. The average molecular weight is 290 g/mol. The van der Waals surface area contributed by atoms with E-state index in [-0.39, 0.29) is 6.61 Å². The van der Waals surface area contributed by atoms with Gasteiger partial charge in [-0.2, -0.15) is 4.98 Å². The first-order valence-corrected chi connectivity index (χ1v) is 7.12. The highest BCUT2D eigenvalue weighted by Crippen LogP contribution is 2.22. The topological polar surface area (TPSA) is 68.4 Å². The van der Waals surface area contributed by atoms with Crippen molar-refractivity contribution in [3.05, 3.63) is 41.5 Å². The Morgan fingerprint density at radius 1 is 1.24 bits per heavy atom. The predicted molar refractivity (Wildman–Crippen MR) is 78.9 cm³/mol. The van der Waals surface area contributed by atoms with E-state index in [0.717, 1.165) is 12.0 Å². The molecule has 1 N–H and O–H groups in total. The molecule has 0 radical (unpaired) electrons. The van der Waals surface area contributed by atoms with Gasteiger partial charge in [-0.05, 0) is 37.5 Å². The molecular weight excluding hydrogens is 268 g/mol. The predicted octanol–water partition coefficient (Wildman–Crippen LogP) is 3.07. The molecule has 0 aliphatic heterocycles. The lowest BCUT2D eigenvalue weighted by Crippen LogP contribution is -2.14. The van der Waals surface area contributed by atoms with Gasteiger partial charge in [0.2, 0.25) is 0 Å². The van der Waals surface area contributed by atoms with Gasteiger partial charge in [0.25, 0.3) is 5.89 Å². The molecule has 0 aliphatic carbocycles. The van der Waals surface area contributed by atoms with Gasteiger partial charge in [0.05, 0.1) is 5.60 Å². The zero-order chi connectivity index (χ0) is 15.5. The molecule has 21 heavy (non-hydrogen) atoms. The molecule has 114 valence electrons. The largest absolute Gasteiger partial charge is 0.484 e. The fraction of sp³-hybridized carbons (Fsp3) is 0.500. The summed E-state index contributed by atoms with van der Waals surface area (Å²) in [6.07, 6.45) is 0.795. The number of nitrogens with zero attached hydrogens (tertiary/aromatic N) is 2. The average Bonchev–Trinajstić information content (AvgIpc) is 2.82. The third-order valence-electron chi connectivity index (χ3n) is 3.02. The molecule has 0 saturated carbocycles. The van der Waals surface area contributed by atoms with Gasteiger partial charge in [-0.1, -0.05) is 31.1 Å². The molecular formula is C16H22N2O3. The molecule has 0 amide bonds. The van der Waals surface area contributed by atoms with Crippen molar-refractivity contribution in [2.24, 2.45) is 5.92 Å². The first-order chi connectivity index (χ1) is 9.84. The molecule has 0 bridgehead atoms. The van der Waals surface area contributed by atoms with Gasteiger partial charge in [-0.3, -0.25) is 0 Å². The highest BCUT2D eigenvalue weighted by atomic mass is 16.5. The van der Waals surface area contributed by atoms with Crippen LogP contribution >= 0.6 is 0 Å². The number of hydrogen-bond acceptors (Lipinski definition) is 5. The Balaban J connectivity index is 1.92. The SMILES string of the molecule is CC(C)Cc1noc(COc2ccc(C(C)(C)O)cc2)n1. The highest BCUT2D eigenvalue weighted by molar-refractivity contribution is 5.30. The van der Waals surface area contributed by atoms with E-state index in [1.807, 2.05) is 24.3 Å². The minimum Gasteiger partial charge on any atom is -0.484 e. The summed E-state index contributed by atoms with van der Waals surface area (Å²) in [6, 6.07) is 7.32. The van der Waals surface area contributed by atoms with Crippen molar-refractivity contribution in [1.29, 1.82) is 0 Å². The lowest BCUT2D eigenvalue weighted by Gasteiger charge is -2.17. The van der Waals surface area contributed by atoms with Crippen LogP contribution in [0, 0.1) is 5.92 Å². The van der Waals surface area contributed by atoms with Crippen LogP contribution in [0.5, 0.6) is 5.75 Å². The minimum absolute atomic E-state index is 0.243. The summed E-state index contributed by atoms with van der Waals surface area (Å²) < 4.78 is 10.7. The number of aromatic nitrogens is 2. The van der Waals surface area contributed by atoms with Crippen molar-refractivity contribution in [2.45, 2.75) is 46.3 Å². The van der Waals surface area contributed by atoms with Crippen molar-refractivity contribution >= 4 is 0 Å². The second-order valence-electron chi connectivity index (χ2n) is 6.07. The van der Waals surface area contributed by atoms with E-state index in [9.17, 15) is 5.11 Å². The third-order valence-corrected chi connectivity index (χ3v) is 3.02. The standard InChI is InChI=1S/C16H22N2O3/c1-11(2)9-14-17-15(21-18-14)10-20-13-7-5-12(6-8-13)16(3,4)19/h5-8,11,19H,9-10H2,1-4H3. The molecule has 0 saturated heterocycles. The van der Waals surface area contributed by atoms with E-state index in [2.05, 4.69) is 24.0 Å². The van der Waals surface area contributed by atoms with Crippen molar-refractivity contribution in [2.75, 3.05) is 0 Å². The molecule has 0 unspecified atom stereocenters. The molecule has 1 aromatic heterocycles. The Hall–Kier alpha value is -1.88. The molecule has 5 nitrogen and oxygen atoms in total. The number of hydrogen-bond donors (Lipinski definition) is 1. The second kappa shape index (κ2) is 6.26. The number of aliphatic hydroxyl groups is 1. The van der Waals surface area contributed by atoms with Gasteiger partial charge in [-0.15, -0.1) is 0 Å². The summed E-state index contributed by atoms with van der Waals surface area (Å²) >= 11 is 0. The van der Waals surface area contributed by atoms with E-state index in [1.54, 1.807) is 13.8 Å². The van der Waals surface area contributed by atoms with Gasteiger partial charge in [0, 0.05) is 6.42 Å². The lowest BCUT2D eigenvalue weighted by atomic mass is 9.99. The van der Waals surface area contributed by atoms with E-state index < -0.39 is 5.60 Å². The summed E-state index contributed by atoms with van der Waals surface area (Å²) in [4.78, 5) is 4.28. The van der Waals surface area contributed by atoms with Gasteiger partial charge in [0.1, 0.15) is 5.75 Å². The molecule has 0 atom stereocenters. The minimum atomic E-state index is -0.850. The number of ether oxygens (including phenoxy) is 1. The molecule has 2 aromatic rings. The van der Waals surface area contributed by atoms with Crippen LogP contribution in [0.4, 0.5) is 0 Å². The maximum absolute atomic E-state index is 9.89. The Morgan fingerprint density at radius 2 is 1.90 bits per heavy atom. The zero-order valence-corrected chi connectivity index (χ0v) is 13.0. The highest BCUT2D eigenvalue weighted by Gasteiger charge is 2.15. The van der Waals surface area contributed by atoms with Crippen LogP contribution in [0.3, 0.4) is 0 Å². The number of rotatable bonds is 6. The van der Waals surface area contributed by atoms with Crippen molar-refractivity contribution in [1.82, 2.24) is 10.1 Å². The fourth-order valence-corrected chi connectivity index (χ4v) is 1.90. The van der Waals surface area contributed by atoms with E-state index in [4.69, 9.17) is 9.26 Å². The smallest absolute Gasteiger partial charge is 0.264 e. The van der Waals surface area contributed by atoms with Crippen LogP contribution in [0.1, 0.15) is 45.0 Å². The second-order valence-corrected chi connectivity index (χ2v) is 6.07. The molecule has 0 fully saturated rings. The van der Waals surface area contributed by atoms with E-state index in [0.29, 0.717) is 23.4 Å². The summed E-state index contributed by atoms with van der Waals surface area (Å²) in [5.41, 5.74) is -0.0107. The first kappa shape index (κ1) is 15.5. The van der Waals surface area contributed by atoms with E-state index >= 15 is 0 Å². The maximum atomic E-state index is 9.89. The summed E-state index contributed by atoms with van der Waals surface area (Å²) in [6.45, 7) is 7.95. The molecule has 0 spiro atoms. The molecule has 5 heteroatoms. The normalized spacial score (nSPS) is 11.9. The fourth-order valence-electron chi connectivity index (χ4n) is 1.90. The Morgan fingerprint density at radius 3 is 2.48 bits per heavy atom. The summed E-state index contributed by atoms with van der Waals surface area (Å²) in [7, 11) is 0. The zero-order valence-electron chi connectivity index (χ0n) is 13.0. The first-order valence-electron chi connectivity index (χ1n) is 7.12. The van der Waals surface area contributed by atoms with Crippen LogP contribution in [0.25, 0.3) is 0 Å². The van der Waals surface area contributed by atoms with Crippen LogP contribution in [0.15, 0.2) is 28.8 Å². The maximum Gasteiger partial charge on any atom is 0.264 e. The van der Waals surface area contributed by atoms with Crippen LogP contribution in [0.2, 0.25) is 0 Å².